The molecule has 0 aliphatic carbocycles. The van der Waals surface area contributed by atoms with Crippen LogP contribution in [0, 0.1) is 6.92 Å². The maximum Gasteiger partial charge on any atom is 0.226 e. The Kier molecular flexibility index (Phi) is 4.01. The molecule has 1 aliphatic heterocycles. The first-order valence-corrected chi connectivity index (χ1v) is 8.15. The van der Waals surface area contributed by atoms with E-state index in [9.17, 15) is 4.79 Å². The number of amides is 1. The largest absolute Gasteiger partial charge is 0.351 e. The van der Waals surface area contributed by atoms with E-state index in [1.54, 1.807) is 11.3 Å². The highest BCUT2D eigenvalue weighted by Crippen LogP contribution is 2.16. The lowest BCUT2D eigenvalue weighted by atomic mass is 10.1. The number of nitrogens with one attached hydrogen (secondary N) is 1. The van der Waals surface area contributed by atoms with Gasteiger partial charge in [-0.15, -0.1) is 21.5 Å². The van der Waals surface area contributed by atoms with Crippen LogP contribution in [-0.4, -0.2) is 31.7 Å². The van der Waals surface area contributed by atoms with Crippen LogP contribution in [0.3, 0.4) is 0 Å². The zero-order valence-electron chi connectivity index (χ0n) is 12.3. The molecule has 1 aliphatic rings. The molecule has 7 heteroatoms. The third-order valence-corrected chi connectivity index (χ3v) is 4.54. The van der Waals surface area contributed by atoms with Crippen LogP contribution in [0.4, 0.5) is 0 Å². The summed E-state index contributed by atoms with van der Waals surface area (Å²) in [5.74, 6) is 2.08. The van der Waals surface area contributed by atoms with Gasteiger partial charge in [0.1, 0.15) is 11.6 Å². The number of fused-ring (bicyclic) bond motifs is 1. The molecule has 0 bridgehead atoms. The summed E-state index contributed by atoms with van der Waals surface area (Å²) in [4.78, 5) is 16.4. The third kappa shape index (κ3) is 3.12. The second-order valence-electron chi connectivity index (χ2n) is 5.33. The Hall–Kier alpha value is -1.76. The Morgan fingerprint density at radius 2 is 2.38 bits per heavy atom. The molecule has 6 nitrogen and oxygen atoms in total. The fourth-order valence-corrected chi connectivity index (χ4v) is 3.31. The lowest BCUT2D eigenvalue weighted by molar-refractivity contribution is -0.121. The van der Waals surface area contributed by atoms with E-state index < -0.39 is 0 Å². The molecular formula is C14H19N5OS. The van der Waals surface area contributed by atoms with Gasteiger partial charge in [0.25, 0.3) is 0 Å². The van der Waals surface area contributed by atoms with E-state index in [1.165, 1.54) is 0 Å². The molecule has 3 rings (SSSR count). The van der Waals surface area contributed by atoms with Gasteiger partial charge in [0.2, 0.25) is 5.91 Å². The van der Waals surface area contributed by atoms with Crippen molar-refractivity contribution < 1.29 is 4.79 Å². The van der Waals surface area contributed by atoms with Crippen molar-refractivity contribution in [3.63, 3.8) is 0 Å². The van der Waals surface area contributed by atoms with Crippen LogP contribution in [0.5, 0.6) is 0 Å². The first kappa shape index (κ1) is 14.2. The molecule has 21 heavy (non-hydrogen) atoms. The van der Waals surface area contributed by atoms with Gasteiger partial charge in [0.15, 0.2) is 0 Å². The lowest BCUT2D eigenvalue weighted by Crippen LogP contribution is -2.42. The van der Waals surface area contributed by atoms with Gasteiger partial charge in [-0.1, -0.05) is 6.92 Å². The molecule has 1 amide bonds. The summed E-state index contributed by atoms with van der Waals surface area (Å²) in [6.07, 6.45) is 3.01. The minimum absolute atomic E-state index is 0.0415. The summed E-state index contributed by atoms with van der Waals surface area (Å²) in [5.41, 5.74) is 0.852. The summed E-state index contributed by atoms with van der Waals surface area (Å²) in [6.45, 7) is 4.80. The first-order chi connectivity index (χ1) is 10.2. The average Bonchev–Trinajstić information content (AvgIpc) is 3.04. The van der Waals surface area contributed by atoms with E-state index in [-0.39, 0.29) is 11.9 Å². The first-order valence-electron chi connectivity index (χ1n) is 7.27. The van der Waals surface area contributed by atoms with Crippen LogP contribution in [0.1, 0.15) is 35.7 Å². The Morgan fingerprint density at radius 1 is 1.52 bits per heavy atom. The summed E-state index contributed by atoms with van der Waals surface area (Å²) in [5, 5.41) is 14.4. The molecule has 0 spiro atoms. The number of carbonyl (C=O) groups is 1. The van der Waals surface area contributed by atoms with E-state index >= 15 is 0 Å². The average molecular weight is 305 g/mol. The van der Waals surface area contributed by atoms with Crippen molar-refractivity contribution in [3.8, 4) is 0 Å². The van der Waals surface area contributed by atoms with Crippen molar-refractivity contribution in [1.82, 2.24) is 25.1 Å². The zero-order chi connectivity index (χ0) is 14.8. The minimum Gasteiger partial charge on any atom is -0.351 e. The lowest BCUT2D eigenvalue weighted by Gasteiger charge is -2.25. The van der Waals surface area contributed by atoms with Crippen molar-refractivity contribution >= 4 is 17.2 Å². The van der Waals surface area contributed by atoms with Crippen LogP contribution in [0.15, 0.2) is 5.38 Å². The van der Waals surface area contributed by atoms with Crippen LogP contribution < -0.4 is 5.32 Å². The second kappa shape index (κ2) is 5.93. The van der Waals surface area contributed by atoms with Crippen molar-refractivity contribution in [2.75, 3.05) is 0 Å². The van der Waals surface area contributed by atoms with Crippen LogP contribution >= 0.6 is 11.3 Å². The van der Waals surface area contributed by atoms with Crippen molar-refractivity contribution in [2.24, 2.45) is 0 Å². The van der Waals surface area contributed by atoms with Gasteiger partial charge < -0.3 is 9.88 Å². The zero-order valence-corrected chi connectivity index (χ0v) is 13.1. The van der Waals surface area contributed by atoms with Gasteiger partial charge in [-0.25, -0.2) is 4.98 Å². The molecule has 0 radical (unpaired) electrons. The highest BCUT2D eigenvalue weighted by molar-refractivity contribution is 7.09. The molecule has 0 fully saturated rings. The van der Waals surface area contributed by atoms with Gasteiger partial charge in [0, 0.05) is 30.8 Å². The number of aromatic nitrogens is 4. The highest BCUT2D eigenvalue weighted by Gasteiger charge is 2.23. The van der Waals surface area contributed by atoms with Crippen molar-refractivity contribution in [1.29, 1.82) is 0 Å². The molecule has 2 aromatic rings. The van der Waals surface area contributed by atoms with E-state index in [1.807, 2.05) is 12.3 Å². The van der Waals surface area contributed by atoms with Crippen LogP contribution in [0.2, 0.25) is 0 Å². The molecule has 2 aromatic heterocycles. The SMILES string of the molecule is CCc1nnc2n1C[C@@H](NC(=O)Cc1csc(C)n1)CC2. The molecule has 0 saturated heterocycles. The van der Waals surface area contributed by atoms with E-state index in [0.717, 1.165) is 48.2 Å². The molecule has 0 unspecified atom stereocenters. The second-order valence-corrected chi connectivity index (χ2v) is 6.40. The van der Waals surface area contributed by atoms with Crippen LogP contribution in [-0.2, 0) is 30.6 Å². The number of carbonyl (C=O) groups excluding carboxylic acids is 1. The van der Waals surface area contributed by atoms with Gasteiger partial charge in [-0.3, -0.25) is 4.79 Å². The number of aryl methyl sites for hydroxylation is 3. The summed E-state index contributed by atoms with van der Waals surface area (Å²) in [6, 6.07) is 0.158. The van der Waals surface area contributed by atoms with Crippen molar-refractivity contribution in [3.05, 3.63) is 27.7 Å². The third-order valence-electron chi connectivity index (χ3n) is 3.71. The molecular weight excluding hydrogens is 286 g/mol. The maximum atomic E-state index is 12.1. The van der Waals surface area contributed by atoms with E-state index in [4.69, 9.17) is 0 Å². The Balaban J connectivity index is 1.60. The fourth-order valence-electron chi connectivity index (χ4n) is 2.70. The van der Waals surface area contributed by atoms with Gasteiger partial charge >= 0.3 is 0 Å². The molecule has 0 aromatic carbocycles. The van der Waals surface area contributed by atoms with Gasteiger partial charge in [-0.2, -0.15) is 0 Å². The number of hydrogen-bond donors (Lipinski definition) is 1. The molecule has 1 N–H and O–H groups in total. The van der Waals surface area contributed by atoms with Crippen molar-refractivity contribution in [2.45, 2.75) is 52.1 Å². The minimum atomic E-state index is 0.0415. The molecule has 1 atom stereocenters. The van der Waals surface area contributed by atoms with Gasteiger partial charge in [-0.05, 0) is 13.3 Å². The van der Waals surface area contributed by atoms with Gasteiger partial charge in [0.05, 0.1) is 17.1 Å². The maximum absolute atomic E-state index is 12.1. The monoisotopic (exact) mass is 305 g/mol. The summed E-state index contributed by atoms with van der Waals surface area (Å²) in [7, 11) is 0. The Bertz CT molecular complexity index is 634. The topological polar surface area (TPSA) is 72.7 Å². The summed E-state index contributed by atoms with van der Waals surface area (Å²) >= 11 is 1.58. The predicted octanol–water partition coefficient (Wildman–Crippen LogP) is 1.28. The number of hydrogen-bond acceptors (Lipinski definition) is 5. The number of thiazole rings is 1. The van der Waals surface area contributed by atoms with E-state index in [2.05, 4.69) is 32.0 Å². The normalized spacial score (nSPS) is 17.5. The Morgan fingerprint density at radius 3 is 3.10 bits per heavy atom. The standard InChI is InChI=1S/C14H19N5OS/c1-3-12-17-18-13-5-4-10(7-19(12)13)16-14(20)6-11-8-21-9(2)15-11/h8,10H,3-7H2,1-2H3,(H,16,20)/t10-/m0/s1. The predicted molar refractivity (Wildman–Crippen MR) is 80.2 cm³/mol. The fraction of sp³-hybridized carbons (Fsp3) is 0.571. The van der Waals surface area contributed by atoms with E-state index in [0.29, 0.717) is 6.42 Å². The summed E-state index contributed by atoms with van der Waals surface area (Å²) < 4.78 is 2.14. The van der Waals surface area contributed by atoms with Crippen LogP contribution in [0.25, 0.3) is 0 Å². The Labute approximate surface area is 127 Å². The molecule has 3 heterocycles. The number of nitrogens with zero attached hydrogens (tertiary/aromatic N) is 4. The smallest absolute Gasteiger partial charge is 0.226 e. The highest BCUT2D eigenvalue weighted by atomic mass is 32.1. The molecule has 0 saturated carbocycles. The quantitative estimate of drug-likeness (QED) is 0.923. The molecule has 112 valence electrons. The number of rotatable bonds is 4.